The van der Waals surface area contributed by atoms with Crippen LogP contribution < -0.4 is 5.32 Å². The van der Waals surface area contributed by atoms with E-state index in [9.17, 15) is 10.1 Å². The second kappa shape index (κ2) is 5.59. The molecule has 0 saturated carbocycles. The van der Waals surface area contributed by atoms with Crippen LogP contribution >= 0.6 is 0 Å². The van der Waals surface area contributed by atoms with Crippen LogP contribution in [0.3, 0.4) is 0 Å². The van der Waals surface area contributed by atoms with Gasteiger partial charge in [-0.2, -0.15) is 10.4 Å². The third kappa shape index (κ3) is 3.04. The van der Waals surface area contributed by atoms with Crippen molar-refractivity contribution in [3.63, 3.8) is 0 Å². The minimum Gasteiger partial charge on any atom is -0.367 e. The Balaban J connectivity index is 2.04. The van der Waals surface area contributed by atoms with Gasteiger partial charge >= 0.3 is 0 Å². The summed E-state index contributed by atoms with van der Waals surface area (Å²) in [5.41, 5.74) is -0.0520. The van der Waals surface area contributed by atoms with E-state index in [1.165, 1.54) is 6.07 Å². The maximum absolute atomic E-state index is 10.6. The molecule has 0 aromatic carbocycles. The SMILES string of the molecule is N#Cc1cc([N+](=O)[O-])cnc1NCCn1cccn1. The van der Waals surface area contributed by atoms with Crippen LogP contribution in [0.25, 0.3) is 0 Å². The lowest BCUT2D eigenvalue weighted by Gasteiger charge is -2.06. The predicted octanol–water partition coefficient (Wildman–Crippen LogP) is 1.17. The number of nitriles is 1. The number of hydrogen-bond donors (Lipinski definition) is 1. The lowest BCUT2D eigenvalue weighted by atomic mass is 10.2. The number of rotatable bonds is 5. The van der Waals surface area contributed by atoms with Crippen molar-refractivity contribution in [2.75, 3.05) is 11.9 Å². The minimum absolute atomic E-state index is 0.148. The predicted molar refractivity (Wildman–Crippen MR) is 66.3 cm³/mol. The molecule has 2 rings (SSSR count). The first kappa shape index (κ1) is 12.5. The van der Waals surface area contributed by atoms with Crippen molar-refractivity contribution in [1.29, 1.82) is 5.26 Å². The van der Waals surface area contributed by atoms with E-state index >= 15 is 0 Å². The van der Waals surface area contributed by atoms with Gasteiger partial charge < -0.3 is 5.32 Å². The summed E-state index contributed by atoms with van der Waals surface area (Å²) in [4.78, 5) is 13.9. The second-order valence-corrected chi connectivity index (χ2v) is 3.65. The maximum atomic E-state index is 10.6. The highest BCUT2D eigenvalue weighted by Gasteiger charge is 2.11. The van der Waals surface area contributed by atoms with Crippen LogP contribution in [-0.2, 0) is 6.54 Å². The zero-order valence-electron chi connectivity index (χ0n) is 9.85. The first-order valence-electron chi connectivity index (χ1n) is 5.46. The summed E-state index contributed by atoms with van der Waals surface area (Å²) in [6.07, 6.45) is 4.61. The van der Waals surface area contributed by atoms with Crippen molar-refractivity contribution in [1.82, 2.24) is 14.8 Å². The van der Waals surface area contributed by atoms with Gasteiger partial charge in [0.1, 0.15) is 23.6 Å². The van der Waals surface area contributed by atoms with Crippen molar-refractivity contribution < 1.29 is 4.92 Å². The van der Waals surface area contributed by atoms with Crippen LogP contribution in [0, 0.1) is 21.4 Å². The minimum atomic E-state index is -0.582. The van der Waals surface area contributed by atoms with Crippen LogP contribution in [0.4, 0.5) is 11.5 Å². The topological polar surface area (TPSA) is 110 Å². The number of nitrogens with zero attached hydrogens (tertiary/aromatic N) is 5. The Morgan fingerprint density at radius 3 is 3.05 bits per heavy atom. The number of aromatic nitrogens is 3. The maximum Gasteiger partial charge on any atom is 0.289 e. The average Bonchev–Trinajstić information content (AvgIpc) is 2.92. The molecule has 19 heavy (non-hydrogen) atoms. The Labute approximate surface area is 108 Å². The highest BCUT2D eigenvalue weighted by molar-refractivity contribution is 5.55. The van der Waals surface area contributed by atoms with Crippen LogP contribution in [-0.4, -0.2) is 26.2 Å². The molecule has 0 aliphatic rings. The van der Waals surface area contributed by atoms with Crippen molar-refractivity contribution in [2.24, 2.45) is 0 Å². The van der Waals surface area contributed by atoms with Crippen molar-refractivity contribution >= 4 is 11.5 Å². The molecule has 8 heteroatoms. The van der Waals surface area contributed by atoms with Crippen LogP contribution in [0.5, 0.6) is 0 Å². The van der Waals surface area contributed by atoms with Crippen molar-refractivity contribution in [3.8, 4) is 6.07 Å². The molecule has 8 nitrogen and oxygen atoms in total. The highest BCUT2D eigenvalue weighted by atomic mass is 16.6. The monoisotopic (exact) mass is 258 g/mol. The number of nitrogens with one attached hydrogen (secondary N) is 1. The van der Waals surface area contributed by atoms with Gasteiger partial charge in [0.05, 0.1) is 11.5 Å². The smallest absolute Gasteiger partial charge is 0.289 e. The molecule has 0 unspecified atom stereocenters. The standard InChI is InChI=1S/C11H10N6O2/c12-7-9-6-10(17(18)19)8-14-11(9)13-3-5-16-4-1-2-15-16/h1-2,4,6,8H,3,5H2,(H,13,14). The van der Waals surface area contributed by atoms with Crippen LogP contribution in [0.2, 0.25) is 0 Å². The summed E-state index contributed by atoms with van der Waals surface area (Å²) in [6.45, 7) is 1.12. The molecule has 0 amide bonds. The Hall–Kier alpha value is -2.95. The van der Waals surface area contributed by atoms with E-state index in [2.05, 4.69) is 15.4 Å². The number of pyridine rings is 1. The number of nitro groups is 1. The molecule has 0 bridgehead atoms. The zero-order chi connectivity index (χ0) is 13.7. The summed E-state index contributed by atoms with van der Waals surface area (Å²) in [6, 6.07) is 4.89. The largest absolute Gasteiger partial charge is 0.367 e. The lowest BCUT2D eigenvalue weighted by molar-refractivity contribution is -0.385. The summed E-state index contributed by atoms with van der Waals surface area (Å²) in [7, 11) is 0. The van der Waals surface area contributed by atoms with Gasteiger partial charge in [0.2, 0.25) is 0 Å². The number of hydrogen-bond acceptors (Lipinski definition) is 6. The zero-order valence-corrected chi connectivity index (χ0v) is 9.85. The van der Waals surface area contributed by atoms with Gasteiger partial charge in [0, 0.05) is 25.0 Å². The first-order chi connectivity index (χ1) is 9.20. The van der Waals surface area contributed by atoms with Crippen molar-refractivity contribution in [2.45, 2.75) is 6.54 Å². The van der Waals surface area contributed by atoms with Crippen molar-refractivity contribution in [3.05, 3.63) is 46.4 Å². The van der Waals surface area contributed by atoms with E-state index in [0.717, 1.165) is 6.20 Å². The number of anilines is 1. The fourth-order valence-corrected chi connectivity index (χ4v) is 1.50. The third-order valence-corrected chi connectivity index (χ3v) is 2.40. The van der Waals surface area contributed by atoms with Crippen LogP contribution in [0.15, 0.2) is 30.7 Å². The van der Waals surface area contributed by atoms with Crippen LogP contribution in [0.1, 0.15) is 5.56 Å². The van der Waals surface area contributed by atoms with Gasteiger partial charge in [0.25, 0.3) is 5.69 Å². The Morgan fingerprint density at radius 1 is 1.58 bits per heavy atom. The molecule has 2 aromatic heterocycles. The van der Waals surface area contributed by atoms with Gasteiger partial charge in [-0.15, -0.1) is 0 Å². The quantitative estimate of drug-likeness (QED) is 0.636. The molecule has 0 radical (unpaired) electrons. The molecular formula is C11H10N6O2. The second-order valence-electron chi connectivity index (χ2n) is 3.65. The lowest BCUT2D eigenvalue weighted by Crippen LogP contribution is -2.12. The molecule has 0 atom stereocenters. The summed E-state index contributed by atoms with van der Waals surface area (Å²) >= 11 is 0. The molecule has 0 aliphatic carbocycles. The first-order valence-corrected chi connectivity index (χ1v) is 5.46. The molecule has 2 heterocycles. The van der Waals surface area contributed by atoms with E-state index in [-0.39, 0.29) is 11.3 Å². The van der Waals surface area contributed by atoms with E-state index in [0.29, 0.717) is 18.9 Å². The normalized spacial score (nSPS) is 9.84. The average molecular weight is 258 g/mol. The van der Waals surface area contributed by atoms with Gasteiger partial charge in [0.15, 0.2) is 0 Å². The third-order valence-electron chi connectivity index (χ3n) is 2.40. The summed E-state index contributed by atoms with van der Waals surface area (Å²) in [5.74, 6) is 0.334. The summed E-state index contributed by atoms with van der Waals surface area (Å²) < 4.78 is 1.73. The Kier molecular flexibility index (Phi) is 3.68. The fourth-order valence-electron chi connectivity index (χ4n) is 1.50. The molecule has 0 saturated heterocycles. The summed E-state index contributed by atoms with van der Waals surface area (Å²) in [5, 5.41) is 26.5. The van der Waals surface area contributed by atoms with E-state index in [4.69, 9.17) is 5.26 Å². The Bertz CT molecular complexity index is 617. The molecule has 0 aliphatic heterocycles. The van der Waals surface area contributed by atoms with Gasteiger partial charge in [-0.1, -0.05) is 0 Å². The molecule has 0 spiro atoms. The fraction of sp³-hybridized carbons (Fsp3) is 0.182. The molecule has 1 N–H and O–H groups in total. The van der Waals surface area contributed by atoms with Gasteiger partial charge in [-0.3, -0.25) is 14.8 Å². The highest BCUT2D eigenvalue weighted by Crippen LogP contribution is 2.17. The van der Waals surface area contributed by atoms with Gasteiger partial charge in [-0.25, -0.2) is 4.98 Å². The van der Waals surface area contributed by atoms with Gasteiger partial charge in [-0.05, 0) is 6.07 Å². The van der Waals surface area contributed by atoms with E-state index in [1.807, 2.05) is 18.3 Å². The molecular weight excluding hydrogens is 248 g/mol. The molecule has 96 valence electrons. The van der Waals surface area contributed by atoms with E-state index in [1.54, 1.807) is 10.9 Å². The molecule has 2 aromatic rings. The van der Waals surface area contributed by atoms with E-state index < -0.39 is 4.92 Å². The molecule has 0 fully saturated rings. The Morgan fingerprint density at radius 2 is 2.42 bits per heavy atom.